The second-order valence-corrected chi connectivity index (χ2v) is 7.37. The zero-order chi connectivity index (χ0) is 9.10. The molecule has 0 N–H and O–H groups in total. The van der Waals surface area contributed by atoms with Crippen molar-refractivity contribution in [1.82, 2.24) is 9.80 Å². The summed E-state index contributed by atoms with van der Waals surface area (Å²) in [7, 11) is 2.24. The Balaban J connectivity index is 1.79. The van der Waals surface area contributed by atoms with Crippen LogP contribution in [-0.2, 0) is 0 Å². The molecule has 2 saturated heterocycles. The van der Waals surface area contributed by atoms with Crippen LogP contribution in [0.2, 0.25) is 0 Å². The van der Waals surface area contributed by atoms with Crippen LogP contribution in [0, 0.1) is 0 Å². The van der Waals surface area contributed by atoms with Crippen LogP contribution in [0.1, 0.15) is 12.8 Å². The van der Waals surface area contributed by atoms with Crippen LogP contribution in [0.15, 0.2) is 0 Å². The Labute approximate surface area is 91.9 Å². The zero-order valence-corrected chi connectivity index (χ0v) is 10.7. The molecule has 0 aliphatic carbocycles. The van der Waals surface area contributed by atoms with Gasteiger partial charge >= 0.3 is 92.0 Å². The molecule has 2 nitrogen and oxygen atoms in total. The molecule has 13 heavy (non-hydrogen) atoms. The van der Waals surface area contributed by atoms with Gasteiger partial charge < -0.3 is 0 Å². The molecule has 0 bridgehead atoms. The third kappa shape index (κ3) is 2.80. The number of piperazine rings is 1. The van der Waals surface area contributed by atoms with E-state index in [1.54, 1.807) is 8.86 Å². The molecule has 0 aromatic carbocycles. The molecule has 2 aliphatic rings. The van der Waals surface area contributed by atoms with Gasteiger partial charge in [-0.2, -0.15) is 0 Å². The summed E-state index contributed by atoms with van der Waals surface area (Å²) < 4.78 is 3.16. The van der Waals surface area contributed by atoms with E-state index in [0.29, 0.717) is 21.2 Å². The summed E-state index contributed by atoms with van der Waals surface area (Å²) in [5.74, 6) is 0. The molecular formula is C10H20IN2-. The standard InChI is InChI=1S/C10H20IN2/c1-12-6-8-13(9-7-12)10-2-4-11-5-3-10/h10H,2-9H2,1H3/q-1. The van der Waals surface area contributed by atoms with E-state index in [0.717, 1.165) is 6.04 Å². The SMILES string of the molecule is CN1CCN(C2CC[I-]CC2)CC1. The number of likely N-dealkylation sites (N-methyl/N-ethyl adjacent to an activating group) is 1. The first-order valence-corrected chi connectivity index (χ1v) is 8.37. The fourth-order valence-electron chi connectivity index (χ4n) is 2.20. The summed E-state index contributed by atoms with van der Waals surface area (Å²) in [6, 6.07) is 0.960. The van der Waals surface area contributed by atoms with Gasteiger partial charge in [-0.15, -0.1) is 0 Å². The first kappa shape index (κ1) is 10.2. The van der Waals surface area contributed by atoms with Gasteiger partial charge in [0.25, 0.3) is 0 Å². The summed E-state index contributed by atoms with van der Waals surface area (Å²) in [6.07, 6.45) is 3.02. The molecular weight excluding hydrogens is 275 g/mol. The van der Waals surface area contributed by atoms with Crippen LogP contribution in [0.3, 0.4) is 0 Å². The summed E-state index contributed by atoms with van der Waals surface area (Å²) in [6.45, 7) is 5.20. The Hall–Kier alpha value is 0.650. The third-order valence-corrected chi connectivity index (χ3v) is 5.98. The van der Waals surface area contributed by atoms with E-state index in [4.69, 9.17) is 0 Å². The van der Waals surface area contributed by atoms with Crippen molar-refractivity contribution in [3.8, 4) is 0 Å². The van der Waals surface area contributed by atoms with Crippen LogP contribution in [0.5, 0.6) is 0 Å². The maximum absolute atomic E-state index is 2.74. The van der Waals surface area contributed by atoms with E-state index in [2.05, 4.69) is 16.8 Å². The molecule has 78 valence electrons. The zero-order valence-electron chi connectivity index (χ0n) is 8.51. The summed E-state index contributed by atoms with van der Waals surface area (Å²) in [5.41, 5.74) is 0. The second kappa shape index (κ2) is 4.94. The van der Waals surface area contributed by atoms with Gasteiger partial charge in [-0.1, -0.05) is 0 Å². The number of rotatable bonds is 1. The molecule has 2 rings (SSSR count). The molecule has 2 fully saturated rings. The van der Waals surface area contributed by atoms with Crippen molar-refractivity contribution >= 4 is 0 Å². The molecule has 0 saturated carbocycles. The Bertz CT molecular complexity index is 149. The van der Waals surface area contributed by atoms with E-state index in [-0.39, 0.29) is 0 Å². The molecule has 0 unspecified atom stereocenters. The van der Waals surface area contributed by atoms with Crippen LogP contribution in [0.4, 0.5) is 0 Å². The third-order valence-electron chi connectivity index (χ3n) is 3.21. The van der Waals surface area contributed by atoms with Gasteiger partial charge in [-0.05, 0) is 0 Å². The summed E-state index contributed by atoms with van der Waals surface area (Å²) >= 11 is 0.619. The Kier molecular flexibility index (Phi) is 3.86. The monoisotopic (exact) mass is 295 g/mol. The molecule has 0 radical (unpaired) electrons. The molecule has 0 amide bonds. The fraction of sp³-hybridized carbons (Fsp3) is 1.00. The van der Waals surface area contributed by atoms with Crippen molar-refractivity contribution in [3.63, 3.8) is 0 Å². The van der Waals surface area contributed by atoms with E-state index < -0.39 is 0 Å². The molecule has 0 spiro atoms. The minimum absolute atomic E-state index is 0.619. The van der Waals surface area contributed by atoms with Crippen molar-refractivity contribution in [2.75, 3.05) is 42.1 Å². The minimum atomic E-state index is 0.619. The molecule has 0 atom stereocenters. The van der Waals surface area contributed by atoms with Crippen molar-refractivity contribution in [2.45, 2.75) is 18.9 Å². The predicted octanol–water partition coefficient (Wildman–Crippen LogP) is -2.51. The normalized spacial score (nSPS) is 29.9. The van der Waals surface area contributed by atoms with Crippen LogP contribution in [0.25, 0.3) is 0 Å². The Morgan fingerprint density at radius 2 is 1.62 bits per heavy atom. The van der Waals surface area contributed by atoms with E-state index >= 15 is 0 Å². The van der Waals surface area contributed by atoms with Gasteiger partial charge in [0.2, 0.25) is 0 Å². The number of halogens is 1. The van der Waals surface area contributed by atoms with Gasteiger partial charge in [0.15, 0.2) is 0 Å². The van der Waals surface area contributed by atoms with Gasteiger partial charge in [-0.3, -0.25) is 0 Å². The maximum atomic E-state index is 2.74. The van der Waals surface area contributed by atoms with Crippen LogP contribution < -0.4 is 21.2 Å². The van der Waals surface area contributed by atoms with Gasteiger partial charge in [0.05, 0.1) is 0 Å². The fourth-order valence-corrected chi connectivity index (χ4v) is 5.06. The topological polar surface area (TPSA) is 6.48 Å². The van der Waals surface area contributed by atoms with E-state index in [1.165, 1.54) is 39.0 Å². The molecule has 3 heteroatoms. The average Bonchev–Trinajstić information content (AvgIpc) is 2.20. The first-order valence-electron chi connectivity index (χ1n) is 5.32. The molecule has 2 heterocycles. The van der Waals surface area contributed by atoms with Gasteiger partial charge in [0, 0.05) is 0 Å². The number of hydrogen-bond acceptors (Lipinski definition) is 2. The number of nitrogens with zero attached hydrogens (tertiary/aromatic N) is 2. The summed E-state index contributed by atoms with van der Waals surface area (Å²) in [5, 5.41) is 0. The Morgan fingerprint density at radius 1 is 1.00 bits per heavy atom. The van der Waals surface area contributed by atoms with E-state index in [9.17, 15) is 0 Å². The average molecular weight is 295 g/mol. The molecule has 0 aromatic heterocycles. The Morgan fingerprint density at radius 3 is 2.23 bits per heavy atom. The molecule has 2 aliphatic heterocycles. The number of alkyl halides is 2. The second-order valence-electron chi connectivity index (χ2n) is 4.14. The van der Waals surface area contributed by atoms with Gasteiger partial charge in [-0.25, -0.2) is 0 Å². The van der Waals surface area contributed by atoms with Crippen molar-refractivity contribution in [3.05, 3.63) is 0 Å². The predicted molar refractivity (Wildman–Crippen MR) is 51.8 cm³/mol. The van der Waals surface area contributed by atoms with Crippen LogP contribution in [-0.4, -0.2) is 57.9 Å². The van der Waals surface area contributed by atoms with Crippen molar-refractivity contribution in [2.24, 2.45) is 0 Å². The first-order chi connectivity index (χ1) is 6.36. The molecule has 0 aromatic rings. The quantitative estimate of drug-likeness (QED) is 0.389. The number of hydrogen-bond donors (Lipinski definition) is 0. The van der Waals surface area contributed by atoms with Crippen LogP contribution >= 0.6 is 0 Å². The van der Waals surface area contributed by atoms with Gasteiger partial charge in [0.1, 0.15) is 0 Å². The summed E-state index contributed by atoms with van der Waals surface area (Å²) in [4.78, 5) is 5.19. The van der Waals surface area contributed by atoms with Crippen molar-refractivity contribution < 1.29 is 21.2 Å². The van der Waals surface area contributed by atoms with Crippen molar-refractivity contribution in [1.29, 1.82) is 0 Å². The van der Waals surface area contributed by atoms with E-state index in [1.807, 2.05) is 0 Å².